The van der Waals surface area contributed by atoms with Crippen molar-refractivity contribution in [3.8, 4) is 11.4 Å². The SMILES string of the molecule is CCSn1c(-c2ccccc2)nc2nc(Cl)sc2c1=O. The Morgan fingerprint density at radius 1 is 1.30 bits per heavy atom. The predicted molar refractivity (Wildman–Crippen MR) is 85.7 cm³/mol. The van der Waals surface area contributed by atoms with Crippen molar-refractivity contribution in [1.29, 1.82) is 0 Å². The van der Waals surface area contributed by atoms with Gasteiger partial charge in [0, 0.05) is 11.3 Å². The zero-order valence-corrected chi connectivity index (χ0v) is 12.9. The minimum Gasteiger partial charge on any atom is -0.267 e. The van der Waals surface area contributed by atoms with E-state index in [1.807, 2.05) is 37.3 Å². The maximum absolute atomic E-state index is 12.5. The molecule has 0 saturated carbocycles. The first-order valence-electron chi connectivity index (χ1n) is 5.98. The van der Waals surface area contributed by atoms with Crippen LogP contribution in [0.1, 0.15) is 6.92 Å². The summed E-state index contributed by atoms with van der Waals surface area (Å²) >= 11 is 8.49. The molecule has 0 saturated heterocycles. The molecule has 0 N–H and O–H groups in total. The first-order chi connectivity index (χ1) is 9.70. The summed E-state index contributed by atoms with van der Waals surface area (Å²) in [5.74, 6) is 1.39. The Morgan fingerprint density at radius 3 is 2.75 bits per heavy atom. The molecule has 0 fully saturated rings. The fraction of sp³-hybridized carbons (Fsp3) is 0.154. The number of nitrogens with zero attached hydrogens (tertiary/aromatic N) is 3. The highest BCUT2D eigenvalue weighted by Crippen LogP contribution is 2.26. The van der Waals surface area contributed by atoms with Crippen molar-refractivity contribution >= 4 is 45.2 Å². The molecular weight excluding hydrogens is 314 g/mol. The van der Waals surface area contributed by atoms with Gasteiger partial charge in [0.1, 0.15) is 4.70 Å². The second-order valence-electron chi connectivity index (χ2n) is 3.94. The van der Waals surface area contributed by atoms with E-state index in [2.05, 4.69) is 9.97 Å². The average molecular weight is 324 g/mol. The van der Waals surface area contributed by atoms with E-state index in [9.17, 15) is 4.79 Å². The van der Waals surface area contributed by atoms with E-state index in [0.29, 0.717) is 20.6 Å². The zero-order chi connectivity index (χ0) is 14.1. The van der Waals surface area contributed by atoms with Crippen LogP contribution in [0.15, 0.2) is 35.1 Å². The fourth-order valence-electron chi connectivity index (χ4n) is 1.85. The minimum absolute atomic E-state index is 0.106. The number of rotatable bonds is 3. The Bertz CT molecular complexity index is 814. The van der Waals surface area contributed by atoms with Gasteiger partial charge in [-0.25, -0.2) is 13.9 Å². The number of hydrogen-bond acceptors (Lipinski definition) is 5. The van der Waals surface area contributed by atoms with Gasteiger partial charge in [-0.15, -0.1) is 0 Å². The van der Waals surface area contributed by atoms with Crippen LogP contribution in [-0.4, -0.2) is 19.7 Å². The molecule has 2 aromatic heterocycles. The van der Waals surface area contributed by atoms with Crippen molar-refractivity contribution < 1.29 is 0 Å². The van der Waals surface area contributed by atoms with Crippen molar-refractivity contribution in [2.24, 2.45) is 0 Å². The van der Waals surface area contributed by atoms with Gasteiger partial charge >= 0.3 is 0 Å². The minimum atomic E-state index is -0.106. The summed E-state index contributed by atoms with van der Waals surface area (Å²) < 4.78 is 2.45. The number of fused-ring (bicyclic) bond motifs is 1. The second kappa shape index (κ2) is 5.55. The van der Waals surface area contributed by atoms with Crippen LogP contribution >= 0.6 is 34.9 Å². The normalized spacial score (nSPS) is 11.1. The Morgan fingerprint density at radius 2 is 2.05 bits per heavy atom. The largest absolute Gasteiger partial charge is 0.283 e. The number of benzene rings is 1. The van der Waals surface area contributed by atoms with Crippen molar-refractivity contribution in [2.75, 3.05) is 5.75 Å². The van der Waals surface area contributed by atoms with Gasteiger partial charge in [0.15, 0.2) is 15.9 Å². The topological polar surface area (TPSA) is 47.8 Å². The quantitative estimate of drug-likeness (QED) is 0.737. The molecule has 0 amide bonds. The predicted octanol–water partition coefficient (Wildman–Crippen LogP) is 3.69. The van der Waals surface area contributed by atoms with Crippen LogP contribution in [0.2, 0.25) is 4.47 Å². The molecule has 2 heterocycles. The van der Waals surface area contributed by atoms with E-state index in [1.165, 1.54) is 23.3 Å². The van der Waals surface area contributed by atoms with Crippen molar-refractivity contribution in [2.45, 2.75) is 6.92 Å². The second-order valence-corrected chi connectivity index (χ2v) is 6.72. The Labute approximate surface area is 128 Å². The molecular formula is C13H10ClN3OS2. The first-order valence-corrected chi connectivity index (χ1v) is 8.12. The molecule has 0 aliphatic rings. The lowest BCUT2D eigenvalue weighted by Crippen LogP contribution is -2.18. The Hall–Kier alpha value is -1.37. The maximum Gasteiger partial charge on any atom is 0.283 e. The summed E-state index contributed by atoms with van der Waals surface area (Å²) in [7, 11) is 0. The first kappa shape index (κ1) is 13.6. The maximum atomic E-state index is 12.5. The van der Waals surface area contributed by atoms with Gasteiger partial charge in [-0.1, -0.05) is 60.2 Å². The molecule has 1 aromatic carbocycles. The van der Waals surface area contributed by atoms with Gasteiger partial charge in [0.05, 0.1) is 0 Å². The number of hydrogen-bond donors (Lipinski definition) is 0. The summed E-state index contributed by atoms with van der Waals surface area (Å²) in [6.07, 6.45) is 0. The molecule has 3 aromatic rings. The third-order valence-corrected chi connectivity index (χ3v) is 4.65. The number of aromatic nitrogens is 3. The average Bonchev–Trinajstić information content (AvgIpc) is 2.84. The summed E-state index contributed by atoms with van der Waals surface area (Å²) in [6, 6.07) is 9.61. The third-order valence-electron chi connectivity index (χ3n) is 2.66. The van der Waals surface area contributed by atoms with E-state index in [1.54, 1.807) is 3.97 Å². The molecule has 7 heteroatoms. The van der Waals surface area contributed by atoms with Crippen LogP contribution in [-0.2, 0) is 0 Å². The van der Waals surface area contributed by atoms with Gasteiger partial charge in [-0.2, -0.15) is 0 Å². The molecule has 4 nitrogen and oxygen atoms in total. The third kappa shape index (κ3) is 2.34. The molecule has 20 heavy (non-hydrogen) atoms. The molecule has 0 aliphatic heterocycles. The van der Waals surface area contributed by atoms with Gasteiger partial charge < -0.3 is 0 Å². The van der Waals surface area contributed by atoms with E-state index >= 15 is 0 Å². The van der Waals surface area contributed by atoms with Crippen LogP contribution in [0.3, 0.4) is 0 Å². The molecule has 102 valence electrons. The zero-order valence-electron chi connectivity index (χ0n) is 10.5. The highest BCUT2D eigenvalue weighted by molar-refractivity contribution is 7.97. The van der Waals surface area contributed by atoms with Crippen molar-refractivity contribution in [3.63, 3.8) is 0 Å². The molecule has 0 atom stereocenters. The van der Waals surface area contributed by atoms with Crippen molar-refractivity contribution in [1.82, 2.24) is 13.9 Å². The molecule has 0 unspecified atom stereocenters. The van der Waals surface area contributed by atoms with Crippen molar-refractivity contribution in [3.05, 3.63) is 45.2 Å². The van der Waals surface area contributed by atoms with E-state index in [-0.39, 0.29) is 5.56 Å². The van der Waals surface area contributed by atoms with Gasteiger partial charge in [-0.05, 0) is 11.9 Å². The number of halogens is 1. The van der Waals surface area contributed by atoms with Crippen LogP contribution in [0, 0.1) is 0 Å². The molecule has 0 bridgehead atoms. The monoisotopic (exact) mass is 323 g/mol. The van der Waals surface area contributed by atoms with E-state index in [4.69, 9.17) is 11.6 Å². The Balaban J connectivity index is 2.34. The molecule has 3 rings (SSSR count). The summed E-state index contributed by atoms with van der Waals surface area (Å²) in [5, 5.41) is 0. The lowest BCUT2D eigenvalue weighted by atomic mass is 10.2. The Kier molecular flexibility index (Phi) is 3.78. The summed E-state index contributed by atoms with van der Waals surface area (Å²) in [6.45, 7) is 2.00. The van der Waals surface area contributed by atoms with E-state index in [0.717, 1.165) is 11.3 Å². The summed E-state index contributed by atoms with van der Waals surface area (Å²) in [4.78, 5) is 21.2. The van der Waals surface area contributed by atoms with Crippen LogP contribution in [0.25, 0.3) is 21.7 Å². The smallest absolute Gasteiger partial charge is 0.267 e. The lowest BCUT2D eigenvalue weighted by Gasteiger charge is -2.09. The molecule has 0 spiro atoms. The van der Waals surface area contributed by atoms with Crippen LogP contribution < -0.4 is 5.56 Å². The van der Waals surface area contributed by atoms with E-state index < -0.39 is 0 Å². The van der Waals surface area contributed by atoms with Crippen LogP contribution in [0.5, 0.6) is 0 Å². The van der Waals surface area contributed by atoms with Gasteiger partial charge in [0.2, 0.25) is 0 Å². The fourth-order valence-corrected chi connectivity index (χ4v) is 3.62. The number of thiazole rings is 1. The highest BCUT2D eigenvalue weighted by atomic mass is 35.5. The van der Waals surface area contributed by atoms with Crippen LogP contribution in [0.4, 0.5) is 0 Å². The van der Waals surface area contributed by atoms with Gasteiger partial charge in [-0.3, -0.25) is 4.79 Å². The standard InChI is InChI=1S/C13H10ClN3OS2/c1-2-19-17-11(8-6-4-3-5-7-8)15-10-9(12(17)18)20-13(14)16-10/h3-7H,2H2,1H3. The molecule has 0 radical (unpaired) electrons. The lowest BCUT2D eigenvalue weighted by molar-refractivity contribution is 1.10. The summed E-state index contributed by atoms with van der Waals surface area (Å²) in [5.41, 5.74) is 1.19. The van der Waals surface area contributed by atoms with Gasteiger partial charge in [0.25, 0.3) is 5.56 Å². The highest BCUT2D eigenvalue weighted by Gasteiger charge is 2.16. The molecule has 0 aliphatic carbocycles.